The van der Waals surface area contributed by atoms with Crippen LogP contribution < -0.4 is 11.1 Å². The van der Waals surface area contributed by atoms with Gasteiger partial charge in [-0.3, -0.25) is 0 Å². The van der Waals surface area contributed by atoms with Gasteiger partial charge in [0.2, 0.25) is 11.9 Å². The Balaban J connectivity index is 2.04. The highest BCUT2D eigenvalue weighted by atomic mass is 16.5. The minimum absolute atomic E-state index is 0.171. The van der Waals surface area contributed by atoms with Crippen molar-refractivity contribution in [1.82, 2.24) is 15.2 Å². The van der Waals surface area contributed by atoms with E-state index >= 15 is 0 Å². The molecule has 0 aromatic carbocycles. The number of aromatic nitrogens is 3. The normalized spacial score (nSPS) is 25.1. The molecule has 4 N–H and O–H groups in total. The molecule has 1 aliphatic heterocycles. The van der Waals surface area contributed by atoms with E-state index in [1.165, 1.54) is 0 Å². The Hall–Kier alpha value is -1.30. The summed E-state index contributed by atoms with van der Waals surface area (Å²) in [4.78, 5) is 3.98. The predicted octanol–water partition coefficient (Wildman–Crippen LogP) is 0.366. The Morgan fingerprint density at radius 2 is 2.43 bits per heavy atom. The summed E-state index contributed by atoms with van der Waals surface area (Å²) in [5.41, 5.74) is 5.25. The molecule has 1 fully saturated rings. The lowest BCUT2D eigenvalue weighted by Gasteiger charge is -2.25. The Bertz CT molecular complexity index is 321. The fourth-order valence-corrected chi connectivity index (χ4v) is 1.63. The van der Waals surface area contributed by atoms with E-state index in [1.54, 1.807) is 0 Å². The Morgan fingerprint density at radius 3 is 2.93 bits per heavy atom. The zero-order chi connectivity index (χ0) is 10.2. The monoisotopic (exact) mass is 197 g/mol. The molecular weight excluding hydrogens is 182 g/mol. The molecule has 14 heavy (non-hydrogen) atoms. The fourth-order valence-electron chi connectivity index (χ4n) is 1.63. The molecule has 0 amide bonds. The second-order valence-electron chi connectivity index (χ2n) is 3.98. The summed E-state index contributed by atoms with van der Waals surface area (Å²) < 4.78 is 5.57. The molecule has 1 aliphatic rings. The van der Waals surface area contributed by atoms with Crippen LogP contribution in [0.5, 0.6) is 0 Å². The van der Waals surface area contributed by atoms with E-state index in [0.29, 0.717) is 11.9 Å². The lowest BCUT2D eigenvalue weighted by atomic mass is 9.99. The Kier molecular flexibility index (Phi) is 2.07. The zero-order valence-corrected chi connectivity index (χ0v) is 8.37. The zero-order valence-electron chi connectivity index (χ0n) is 8.37. The van der Waals surface area contributed by atoms with Crippen LogP contribution in [-0.4, -0.2) is 33.4 Å². The molecule has 1 aromatic rings. The third-order valence-corrected chi connectivity index (χ3v) is 2.53. The van der Waals surface area contributed by atoms with E-state index in [4.69, 9.17) is 10.5 Å². The van der Waals surface area contributed by atoms with Gasteiger partial charge in [-0.05, 0) is 20.3 Å². The molecule has 1 saturated heterocycles. The first kappa shape index (κ1) is 9.26. The molecule has 1 atom stereocenters. The van der Waals surface area contributed by atoms with Gasteiger partial charge in [-0.15, -0.1) is 5.10 Å². The number of aromatic amines is 1. The number of hydrogen-bond acceptors (Lipinski definition) is 5. The molecule has 2 rings (SSSR count). The summed E-state index contributed by atoms with van der Waals surface area (Å²) in [7, 11) is 0. The number of nitrogens with one attached hydrogen (secondary N) is 2. The molecule has 0 radical (unpaired) electrons. The molecule has 0 saturated carbocycles. The van der Waals surface area contributed by atoms with Gasteiger partial charge in [-0.2, -0.15) is 4.98 Å². The van der Waals surface area contributed by atoms with E-state index in [1.807, 2.05) is 13.8 Å². The van der Waals surface area contributed by atoms with Crippen LogP contribution in [0.4, 0.5) is 11.9 Å². The van der Waals surface area contributed by atoms with Gasteiger partial charge in [-0.25, -0.2) is 5.10 Å². The number of rotatable bonds is 2. The van der Waals surface area contributed by atoms with Crippen LogP contribution in [0.15, 0.2) is 0 Å². The molecule has 0 bridgehead atoms. The average molecular weight is 197 g/mol. The maximum atomic E-state index is 5.57. The summed E-state index contributed by atoms with van der Waals surface area (Å²) in [6.07, 6.45) is 0.960. The minimum Gasteiger partial charge on any atom is -0.373 e. The predicted molar refractivity (Wildman–Crippen MR) is 52.9 cm³/mol. The SMILES string of the molecule is CC1(C)OCCC1Nc1n[nH]c(N)n1. The smallest absolute Gasteiger partial charge is 0.243 e. The number of nitrogen functional groups attached to an aromatic ring is 1. The summed E-state index contributed by atoms with van der Waals surface area (Å²) in [6, 6.07) is 0.234. The van der Waals surface area contributed by atoms with E-state index in [9.17, 15) is 0 Å². The number of nitrogens with two attached hydrogens (primary N) is 1. The van der Waals surface area contributed by atoms with Gasteiger partial charge in [0.05, 0.1) is 11.6 Å². The van der Waals surface area contributed by atoms with Crippen molar-refractivity contribution in [3.05, 3.63) is 0 Å². The van der Waals surface area contributed by atoms with Crippen LogP contribution >= 0.6 is 0 Å². The Morgan fingerprint density at radius 1 is 1.64 bits per heavy atom. The van der Waals surface area contributed by atoms with Crippen LogP contribution in [0.3, 0.4) is 0 Å². The first-order chi connectivity index (χ1) is 6.58. The van der Waals surface area contributed by atoms with Crippen molar-refractivity contribution in [2.24, 2.45) is 0 Å². The van der Waals surface area contributed by atoms with Gasteiger partial charge in [0.15, 0.2) is 0 Å². The molecule has 6 heteroatoms. The molecule has 1 unspecified atom stereocenters. The van der Waals surface area contributed by atoms with Gasteiger partial charge < -0.3 is 15.8 Å². The number of anilines is 2. The standard InChI is InChI=1S/C8H15N5O/c1-8(2)5(3-4-14-8)10-7-11-6(9)12-13-7/h5H,3-4H2,1-2H3,(H4,9,10,11,12,13). The van der Waals surface area contributed by atoms with Crippen LogP contribution in [0.2, 0.25) is 0 Å². The van der Waals surface area contributed by atoms with Gasteiger partial charge in [-0.1, -0.05) is 0 Å². The Labute approximate surface area is 82.2 Å². The molecule has 0 spiro atoms. The summed E-state index contributed by atoms with van der Waals surface area (Å²) >= 11 is 0. The molecular formula is C8H15N5O. The van der Waals surface area contributed by atoms with E-state index in [0.717, 1.165) is 13.0 Å². The highest BCUT2D eigenvalue weighted by Crippen LogP contribution is 2.27. The average Bonchev–Trinajstić information content (AvgIpc) is 2.61. The topological polar surface area (TPSA) is 88.8 Å². The quantitative estimate of drug-likeness (QED) is 0.637. The van der Waals surface area contributed by atoms with Crippen molar-refractivity contribution in [2.45, 2.75) is 31.9 Å². The maximum absolute atomic E-state index is 5.57. The molecule has 6 nitrogen and oxygen atoms in total. The van der Waals surface area contributed by atoms with Crippen LogP contribution in [0, 0.1) is 0 Å². The van der Waals surface area contributed by atoms with Crippen molar-refractivity contribution >= 4 is 11.9 Å². The van der Waals surface area contributed by atoms with Gasteiger partial charge in [0.1, 0.15) is 0 Å². The van der Waals surface area contributed by atoms with Gasteiger partial charge in [0, 0.05) is 6.61 Å². The third-order valence-electron chi connectivity index (χ3n) is 2.53. The van der Waals surface area contributed by atoms with E-state index in [2.05, 4.69) is 20.5 Å². The van der Waals surface area contributed by atoms with Gasteiger partial charge in [0.25, 0.3) is 0 Å². The highest BCUT2D eigenvalue weighted by molar-refractivity contribution is 5.32. The fraction of sp³-hybridized carbons (Fsp3) is 0.750. The van der Waals surface area contributed by atoms with Crippen LogP contribution in [-0.2, 0) is 4.74 Å². The minimum atomic E-state index is -0.171. The third kappa shape index (κ3) is 1.65. The van der Waals surface area contributed by atoms with Crippen molar-refractivity contribution in [1.29, 1.82) is 0 Å². The first-order valence-electron chi connectivity index (χ1n) is 4.66. The number of H-pyrrole nitrogens is 1. The van der Waals surface area contributed by atoms with Crippen molar-refractivity contribution < 1.29 is 4.74 Å². The first-order valence-corrected chi connectivity index (χ1v) is 4.66. The summed E-state index contributed by atoms with van der Waals surface area (Å²) in [5.74, 6) is 0.857. The van der Waals surface area contributed by atoms with Crippen molar-refractivity contribution in [2.75, 3.05) is 17.7 Å². The van der Waals surface area contributed by atoms with Gasteiger partial charge >= 0.3 is 0 Å². The molecule has 1 aromatic heterocycles. The lowest BCUT2D eigenvalue weighted by molar-refractivity contribution is 0.0313. The number of nitrogens with zero attached hydrogens (tertiary/aromatic N) is 2. The molecule has 2 heterocycles. The number of hydrogen-bond donors (Lipinski definition) is 3. The van der Waals surface area contributed by atoms with Crippen LogP contribution in [0.1, 0.15) is 20.3 Å². The molecule has 0 aliphatic carbocycles. The highest BCUT2D eigenvalue weighted by Gasteiger charge is 2.36. The summed E-state index contributed by atoms with van der Waals surface area (Å²) in [6.45, 7) is 4.87. The number of ether oxygens (including phenoxy) is 1. The van der Waals surface area contributed by atoms with Crippen molar-refractivity contribution in [3.8, 4) is 0 Å². The lowest BCUT2D eigenvalue weighted by Crippen LogP contribution is -2.38. The molecule has 78 valence electrons. The van der Waals surface area contributed by atoms with E-state index < -0.39 is 0 Å². The second kappa shape index (κ2) is 3.13. The maximum Gasteiger partial charge on any atom is 0.243 e. The van der Waals surface area contributed by atoms with Crippen molar-refractivity contribution in [3.63, 3.8) is 0 Å². The second-order valence-corrected chi connectivity index (χ2v) is 3.98. The summed E-state index contributed by atoms with van der Waals surface area (Å²) in [5, 5.41) is 9.69. The van der Waals surface area contributed by atoms with E-state index in [-0.39, 0.29) is 11.6 Å². The largest absolute Gasteiger partial charge is 0.373 e. The van der Waals surface area contributed by atoms with Crippen LogP contribution in [0.25, 0.3) is 0 Å².